The topological polar surface area (TPSA) is 75.3 Å². The molecule has 0 aliphatic heterocycles. The summed E-state index contributed by atoms with van der Waals surface area (Å²) in [5, 5.41) is 2.80. The average Bonchev–Trinajstić information content (AvgIpc) is 2.74. The number of hydrogen-bond donors (Lipinski definition) is 2. The highest BCUT2D eigenvalue weighted by atomic mass is 35.5. The van der Waals surface area contributed by atoms with E-state index in [-0.39, 0.29) is 22.2 Å². The molecule has 0 aromatic heterocycles. The van der Waals surface area contributed by atoms with Gasteiger partial charge in [0.2, 0.25) is 10.0 Å². The smallest absolute Gasteiger partial charge is 0.255 e. The number of sulfonamides is 1. The van der Waals surface area contributed by atoms with Crippen molar-refractivity contribution in [3.8, 4) is 0 Å². The SMILES string of the molecule is CC(CCc1ccccc1)NS(=O)(=O)c1ccc(NC(=O)c2cccc(Cl)c2)c(F)c1. The number of aryl methyl sites for hydroxylation is 1. The van der Waals surface area contributed by atoms with Crippen LogP contribution in [0.3, 0.4) is 0 Å². The van der Waals surface area contributed by atoms with Crippen LogP contribution in [0.5, 0.6) is 0 Å². The molecule has 0 bridgehead atoms. The Kier molecular flexibility index (Phi) is 7.43. The fraction of sp³-hybridized carbons (Fsp3) is 0.174. The molecule has 0 fully saturated rings. The van der Waals surface area contributed by atoms with Gasteiger partial charge in [-0.15, -0.1) is 0 Å². The first-order valence-electron chi connectivity index (χ1n) is 9.67. The van der Waals surface area contributed by atoms with Crippen molar-refractivity contribution in [1.29, 1.82) is 0 Å². The van der Waals surface area contributed by atoms with Crippen molar-refractivity contribution in [3.05, 3.63) is 94.8 Å². The highest BCUT2D eigenvalue weighted by molar-refractivity contribution is 7.89. The Hall–Kier alpha value is -2.74. The molecule has 1 unspecified atom stereocenters. The van der Waals surface area contributed by atoms with Gasteiger partial charge in [-0.05, 0) is 61.7 Å². The molecular formula is C23H22ClFN2O3S. The molecule has 162 valence electrons. The van der Waals surface area contributed by atoms with Crippen LogP contribution in [0.2, 0.25) is 5.02 Å². The van der Waals surface area contributed by atoms with Gasteiger partial charge in [-0.25, -0.2) is 17.5 Å². The first kappa shape index (κ1) is 22.9. The largest absolute Gasteiger partial charge is 0.319 e. The monoisotopic (exact) mass is 460 g/mol. The Morgan fingerprint density at radius 1 is 1.03 bits per heavy atom. The van der Waals surface area contributed by atoms with Gasteiger partial charge in [-0.2, -0.15) is 0 Å². The Bertz CT molecular complexity index is 1170. The van der Waals surface area contributed by atoms with Gasteiger partial charge in [-0.3, -0.25) is 4.79 Å². The van der Waals surface area contributed by atoms with E-state index >= 15 is 0 Å². The Balaban J connectivity index is 1.65. The summed E-state index contributed by atoms with van der Waals surface area (Å²) >= 11 is 5.87. The summed E-state index contributed by atoms with van der Waals surface area (Å²) in [7, 11) is -3.91. The van der Waals surface area contributed by atoms with Gasteiger partial charge in [0.25, 0.3) is 5.91 Å². The lowest BCUT2D eigenvalue weighted by molar-refractivity contribution is 0.102. The maximum atomic E-state index is 14.5. The molecule has 3 aromatic rings. The third-order valence-corrected chi connectivity index (χ3v) is 6.47. The van der Waals surface area contributed by atoms with Crippen LogP contribution in [-0.2, 0) is 16.4 Å². The van der Waals surface area contributed by atoms with E-state index in [1.807, 2.05) is 30.3 Å². The first-order chi connectivity index (χ1) is 14.7. The Morgan fingerprint density at radius 2 is 1.77 bits per heavy atom. The van der Waals surface area contributed by atoms with E-state index in [2.05, 4.69) is 10.0 Å². The molecular weight excluding hydrogens is 439 g/mol. The number of halogens is 2. The molecule has 0 saturated heterocycles. The molecule has 0 radical (unpaired) electrons. The quantitative estimate of drug-likeness (QED) is 0.495. The lowest BCUT2D eigenvalue weighted by atomic mass is 10.1. The van der Waals surface area contributed by atoms with Crippen molar-refractivity contribution in [2.24, 2.45) is 0 Å². The summed E-state index contributed by atoms with van der Waals surface area (Å²) < 4.78 is 42.3. The van der Waals surface area contributed by atoms with Gasteiger partial charge in [0, 0.05) is 16.6 Å². The molecule has 8 heteroatoms. The standard InChI is InChI=1S/C23H22ClFN2O3S/c1-16(10-11-17-6-3-2-4-7-17)27-31(29,30)20-12-13-22(21(25)15-20)26-23(28)18-8-5-9-19(24)14-18/h2-9,12-16,27H,10-11H2,1H3,(H,26,28). The molecule has 0 aliphatic carbocycles. The molecule has 3 aromatic carbocycles. The van der Waals surface area contributed by atoms with Crippen LogP contribution >= 0.6 is 11.6 Å². The van der Waals surface area contributed by atoms with Gasteiger partial charge >= 0.3 is 0 Å². The van der Waals surface area contributed by atoms with Crippen LogP contribution in [0, 0.1) is 5.82 Å². The Labute approximate surface area is 186 Å². The minimum atomic E-state index is -3.91. The van der Waals surface area contributed by atoms with Gasteiger partial charge in [-0.1, -0.05) is 48.0 Å². The maximum Gasteiger partial charge on any atom is 0.255 e. The molecule has 0 spiro atoms. The number of nitrogens with one attached hydrogen (secondary N) is 2. The van der Waals surface area contributed by atoms with Gasteiger partial charge in [0.1, 0.15) is 5.82 Å². The second-order valence-electron chi connectivity index (χ2n) is 7.15. The number of amides is 1. The summed E-state index contributed by atoms with van der Waals surface area (Å²) in [4.78, 5) is 12.1. The van der Waals surface area contributed by atoms with Crippen LogP contribution in [0.1, 0.15) is 29.3 Å². The zero-order chi connectivity index (χ0) is 22.4. The molecule has 1 amide bonds. The fourth-order valence-electron chi connectivity index (χ4n) is 3.01. The molecule has 1 atom stereocenters. The third-order valence-electron chi connectivity index (χ3n) is 4.65. The van der Waals surface area contributed by atoms with E-state index in [9.17, 15) is 17.6 Å². The minimum Gasteiger partial charge on any atom is -0.319 e. The highest BCUT2D eigenvalue weighted by Crippen LogP contribution is 2.21. The van der Waals surface area contributed by atoms with E-state index in [0.29, 0.717) is 17.9 Å². The number of rotatable bonds is 8. The van der Waals surface area contributed by atoms with Crippen LogP contribution in [-0.4, -0.2) is 20.4 Å². The van der Waals surface area contributed by atoms with Crippen LogP contribution in [0.4, 0.5) is 10.1 Å². The lowest BCUT2D eigenvalue weighted by Crippen LogP contribution is -2.33. The van der Waals surface area contributed by atoms with Crippen molar-refractivity contribution in [3.63, 3.8) is 0 Å². The predicted octanol–water partition coefficient (Wildman–Crippen LogP) is 5.03. The van der Waals surface area contributed by atoms with Gasteiger partial charge in [0.05, 0.1) is 10.6 Å². The van der Waals surface area contributed by atoms with E-state index < -0.39 is 21.7 Å². The molecule has 5 nitrogen and oxygen atoms in total. The van der Waals surface area contributed by atoms with Crippen molar-refractivity contribution >= 4 is 33.2 Å². The lowest BCUT2D eigenvalue weighted by Gasteiger charge is -2.15. The molecule has 31 heavy (non-hydrogen) atoms. The van der Waals surface area contributed by atoms with Crippen molar-refractivity contribution in [2.75, 3.05) is 5.32 Å². The minimum absolute atomic E-state index is 0.124. The molecule has 0 saturated carbocycles. The molecule has 0 heterocycles. The average molecular weight is 461 g/mol. The van der Waals surface area contributed by atoms with Crippen molar-refractivity contribution in [1.82, 2.24) is 4.72 Å². The van der Waals surface area contributed by atoms with Crippen LogP contribution < -0.4 is 10.0 Å². The van der Waals surface area contributed by atoms with E-state index in [4.69, 9.17) is 11.6 Å². The zero-order valence-electron chi connectivity index (χ0n) is 16.8. The summed E-state index contributed by atoms with van der Waals surface area (Å²) in [5.41, 5.74) is 1.25. The Morgan fingerprint density at radius 3 is 2.45 bits per heavy atom. The van der Waals surface area contributed by atoms with Gasteiger partial charge in [0.15, 0.2) is 0 Å². The fourth-order valence-corrected chi connectivity index (χ4v) is 4.49. The van der Waals surface area contributed by atoms with Gasteiger partial charge < -0.3 is 5.32 Å². The maximum absolute atomic E-state index is 14.5. The van der Waals surface area contributed by atoms with E-state index in [1.165, 1.54) is 18.2 Å². The summed E-state index contributed by atoms with van der Waals surface area (Å²) in [5.74, 6) is -1.40. The second-order valence-corrected chi connectivity index (χ2v) is 9.30. The number of anilines is 1. The number of benzene rings is 3. The summed E-state index contributed by atoms with van der Waals surface area (Å²) in [6.45, 7) is 1.76. The van der Waals surface area contributed by atoms with Crippen LogP contribution in [0.15, 0.2) is 77.7 Å². The number of hydrogen-bond acceptors (Lipinski definition) is 3. The van der Waals surface area contributed by atoms with E-state index in [0.717, 1.165) is 11.6 Å². The molecule has 0 aliphatic rings. The van der Waals surface area contributed by atoms with Crippen LogP contribution in [0.25, 0.3) is 0 Å². The summed E-state index contributed by atoms with van der Waals surface area (Å²) in [6, 6.07) is 19.0. The number of carbonyl (C=O) groups excluding carboxylic acids is 1. The highest BCUT2D eigenvalue weighted by Gasteiger charge is 2.20. The third kappa shape index (κ3) is 6.37. The van der Waals surface area contributed by atoms with Crippen molar-refractivity contribution < 1.29 is 17.6 Å². The predicted molar refractivity (Wildman–Crippen MR) is 120 cm³/mol. The second kappa shape index (κ2) is 10.0. The normalized spacial score (nSPS) is 12.4. The summed E-state index contributed by atoms with van der Waals surface area (Å²) in [6.07, 6.45) is 1.31. The number of carbonyl (C=O) groups is 1. The molecule has 3 rings (SSSR count). The zero-order valence-corrected chi connectivity index (χ0v) is 18.4. The molecule has 2 N–H and O–H groups in total. The van der Waals surface area contributed by atoms with E-state index in [1.54, 1.807) is 25.1 Å². The first-order valence-corrected chi connectivity index (χ1v) is 11.5. The van der Waals surface area contributed by atoms with Crippen molar-refractivity contribution in [2.45, 2.75) is 30.7 Å².